The van der Waals surface area contributed by atoms with Gasteiger partial charge >= 0.3 is 12.1 Å². The minimum absolute atomic E-state index is 0.122. The van der Waals surface area contributed by atoms with E-state index in [9.17, 15) is 54.7 Å². The van der Waals surface area contributed by atoms with Crippen molar-refractivity contribution < 1.29 is 64.5 Å². The molecule has 9 nitrogen and oxygen atoms in total. The minimum atomic E-state index is -4.84. The summed E-state index contributed by atoms with van der Waals surface area (Å²) in [4.78, 5) is 59.4. The fourth-order valence-electron chi connectivity index (χ4n) is 2.98. The number of carbonyl (C=O) groups excluding carboxylic acids is 4. The lowest BCUT2D eigenvalue weighted by atomic mass is 10.1. The molecule has 2 rings (SSSR count). The van der Waals surface area contributed by atoms with Crippen LogP contribution < -0.4 is 15.4 Å². The average Bonchev–Trinajstić information content (AvgIpc) is 2.84. The van der Waals surface area contributed by atoms with E-state index in [1.807, 2.05) is 5.32 Å². The van der Waals surface area contributed by atoms with Crippen molar-refractivity contribution >= 4 is 35.0 Å². The van der Waals surface area contributed by atoms with Gasteiger partial charge in [0.25, 0.3) is 5.91 Å². The summed E-state index contributed by atoms with van der Waals surface area (Å²) in [5.41, 5.74) is -1.95. The minimum Gasteiger partial charge on any atom is -0.481 e. The predicted octanol–water partition coefficient (Wildman–Crippen LogP) is 3.16. The zero-order valence-corrected chi connectivity index (χ0v) is 19.3. The lowest BCUT2D eigenvalue weighted by molar-refractivity contribution is -0.140. The maximum absolute atomic E-state index is 13.7. The molecular formula is C23H17F7N2O7. The highest BCUT2D eigenvalue weighted by Gasteiger charge is 2.34. The Balaban J connectivity index is 1.99. The Morgan fingerprint density at radius 1 is 0.923 bits per heavy atom. The van der Waals surface area contributed by atoms with E-state index < -0.39 is 108 Å². The van der Waals surface area contributed by atoms with Crippen LogP contribution in [-0.2, 0) is 30.1 Å². The summed E-state index contributed by atoms with van der Waals surface area (Å²) in [6.45, 7) is -1.34. The second kappa shape index (κ2) is 12.8. The van der Waals surface area contributed by atoms with E-state index in [0.717, 1.165) is 12.1 Å². The average molecular weight is 566 g/mol. The van der Waals surface area contributed by atoms with Crippen molar-refractivity contribution in [3.63, 3.8) is 0 Å². The van der Waals surface area contributed by atoms with E-state index in [-0.39, 0.29) is 6.07 Å². The van der Waals surface area contributed by atoms with Crippen molar-refractivity contribution in [3.05, 3.63) is 59.2 Å². The van der Waals surface area contributed by atoms with Gasteiger partial charge in [-0.2, -0.15) is 22.0 Å². The monoisotopic (exact) mass is 566 g/mol. The zero-order chi connectivity index (χ0) is 29.5. The highest BCUT2D eigenvalue weighted by atomic mass is 19.4. The molecule has 0 saturated heterocycles. The van der Waals surface area contributed by atoms with Gasteiger partial charge in [0.05, 0.1) is 17.7 Å². The van der Waals surface area contributed by atoms with Crippen LogP contribution in [0.1, 0.15) is 24.8 Å². The molecule has 2 aromatic carbocycles. The standard InChI is InChI=1S/C23H17F7N2O7/c24-11-7-12(25)20(27)21(19(11)26)39-9-16(34)14(8-18(36)37)31-17(35)6-5-15(33)22(38)32-13-4-2-1-3-10(13)23(28,29)30/h1-4,7,14H,5-6,8-9H2,(H,31,35)(H,32,38)(H,36,37)/t14-/m0/s1. The fraction of sp³-hybridized carbons (Fsp3) is 0.261. The van der Waals surface area contributed by atoms with Crippen molar-refractivity contribution in [1.29, 1.82) is 0 Å². The third kappa shape index (κ3) is 8.51. The summed E-state index contributed by atoms with van der Waals surface area (Å²) in [5, 5.41) is 12.6. The number of rotatable bonds is 12. The van der Waals surface area contributed by atoms with Gasteiger partial charge in [0, 0.05) is 18.9 Å². The van der Waals surface area contributed by atoms with Gasteiger partial charge in [-0.15, -0.1) is 0 Å². The first-order chi connectivity index (χ1) is 18.1. The second-order valence-corrected chi connectivity index (χ2v) is 7.69. The van der Waals surface area contributed by atoms with Crippen molar-refractivity contribution in [2.45, 2.75) is 31.5 Å². The molecule has 3 N–H and O–H groups in total. The first kappa shape index (κ1) is 30.7. The number of ketones is 2. The smallest absolute Gasteiger partial charge is 0.418 e. The van der Waals surface area contributed by atoms with Gasteiger partial charge in [-0.3, -0.25) is 24.0 Å². The number of nitrogens with one attached hydrogen (secondary N) is 2. The molecule has 2 amide bonds. The number of benzene rings is 2. The molecule has 0 heterocycles. The summed E-state index contributed by atoms with van der Waals surface area (Å²) >= 11 is 0. The Bertz CT molecular complexity index is 1270. The SMILES string of the molecule is O=C(O)C[C@H](NC(=O)CCC(=O)C(=O)Nc1ccccc1C(F)(F)F)C(=O)COc1c(F)c(F)cc(F)c1F. The normalized spacial score (nSPS) is 11.9. The first-order valence-corrected chi connectivity index (χ1v) is 10.6. The molecule has 0 spiro atoms. The molecule has 39 heavy (non-hydrogen) atoms. The number of alkyl halides is 3. The number of carboxylic acids is 1. The van der Waals surface area contributed by atoms with Crippen molar-refractivity contribution in [2.75, 3.05) is 11.9 Å². The Morgan fingerprint density at radius 2 is 1.51 bits per heavy atom. The fourth-order valence-corrected chi connectivity index (χ4v) is 2.98. The van der Waals surface area contributed by atoms with Crippen LogP contribution in [0.2, 0.25) is 0 Å². The van der Waals surface area contributed by atoms with Crippen molar-refractivity contribution in [3.8, 4) is 5.75 Å². The molecule has 0 fully saturated rings. The number of carboxylic acid groups (broad SMARTS) is 1. The molecule has 0 aliphatic carbocycles. The number of carbonyl (C=O) groups is 5. The topological polar surface area (TPSA) is 139 Å². The van der Waals surface area contributed by atoms with Crippen LogP contribution in [0.25, 0.3) is 0 Å². The van der Waals surface area contributed by atoms with E-state index >= 15 is 0 Å². The first-order valence-electron chi connectivity index (χ1n) is 10.6. The van der Waals surface area contributed by atoms with Gasteiger partial charge in [-0.05, 0) is 12.1 Å². The zero-order valence-electron chi connectivity index (χ0n) is 19.3. The number of aliphatic carboxylic acids is 1. The number of amides is 2. The maximum atomic E-state index is 13.7. The molecule has 0 aliphatic heterocycles. The highest BCUT2D eigenvalue weighted by Crippen LogP contribution is 2.34. The third-order valence-corrected chi connectivity index (χ3v) is 4.85. The largest absolute Gasteiger partial charge is 0.481 e. The van der Waals surface area contributed by atoms with Crippen molar-refractivity contribution in [1.82, 2.24) is 5.32 Å². The molecule has 0 radical (unpaired) electrons. The Morgan fingerprint density at radius 3 is 2.08 bits per heavy atom. The summed E-state index contributed by atoms with van der Waals surface area (Å²) in [5.74, 6) is -16.2. The number of Topliss-reactive ketones (excluding diaryl/α,β-unsaturated/α-hetero) is 2. The van der Waals surface area contributed by atoms with E-state index in [2.05, 4.69) is 4.74 Å². The molecule has 0 aliphatic rings. The lowest BCUT2D eigenvalue weighted by Crippen LogP contribution is -2.44. The summed E-state index contributed by atoms with van der Waals surface area (Å²) in [6, 6.07) is 1.74. The van der Waals surface area contributed by atoms with Crippen LogP contribution in [0.15, 0.2) is 30.3 Å². The summed E-state index contributed by atoms with van der Waals surface area (Å²) in [6.07, 6.45) is -7.62. The second-order valence-electron chi connectivity index (χ2n) is 7.69. The quantitative estimate of drug-likeness (QED) is 0.204. The maximum Gasteiger partial charge on any atom is 0.418 e. The van der Waals surface area contributed by atoms with Gasteiger partial charge in [0.2, 0.25) is 23.3 Å². The lowest BCUT2D eigenvalue weighted by Gasteiger charge is -2.17. The number of halogens is 7. The molecule has 1 atom stereocenters. The Hall–Kier alpha value is -4.50. The molecule has 0 aromatic heterocycles. The molecule has 2 aromatic rings. The van der Waals surface area contributed by atoms with Crippen LogP contribution in [0, 0.1) is 23.3 Å². The van der Waals surface area contributed by atoms with E-state index in [4.69, 9.17) is 5.11 Å². The molecular weight excluding hydrogens is 549 g/mol. The molecule has 0 saturated carbocycles. The summed E-state index contributed by atoms with van der Waals surface area (Å²) < 4.78 is 97.4. The van der Waals surface area contributed by atoms with Gasteiger partial charge in [0.15, 0.2) is 23.2 Å². The summed E-state index contributed by atoms with van der Waals surface area (Å²) in [7, 11) is 0. The molecule has 16 heteroatoms. The van der Waals surface area contributed by atoms with Gasteiger partial charge in [0.1, 0.15) is 12.6 Å². The van der Waals surface area contributed by atoms with Crippen LogP contribution >= 0.6 is 0 Å². The van der Waals surface area contributed by atoms with Crippen LogP contribution in [-0.4, -0.2) is 47.1 Å². The van der Waals surface area contributed by atoms with Crippen LogP contribution in [0.5, 0.6) is 5.75 Å². The van der Waals surface area contributed by atoms with E-state index in [1.165, 1.54) is 6.07 Å². The molecule has 0 bridgehead atoms. The number of para-hydroxylation sites is 1. The van der Waals surface area contributed by atoms with Crippen LogP contribution in [0.3, 0.4) is 0 Å². The van der Waals surface area contributed by atoms with Gasteiger partial charge in [-0.25, -0.2) is 8.78 Å². The Labute approximate surface area is 213 Å². The number of hydrogen-bond acceptors (Lipinski definition) is 6. The molecule has 0 unspecified atom stereocenters. The van der Waals surface area contributed by atoms with Gasteiger partial charge in [-0.1, -0.05) is 12.1 Å². The predicted molar refractivity (Wildman–Crippen MR) is 115 cm³/mol. The van der Waals surface area contributed by atoms with Crippen molar-refractivity contribution in [2.24, 2.45) is 0 Å². The third-order valence-electron chi connectivity index (χ3n) is 4.85. The highest BCUT2D eigenvalue weighted by molar-refractivity contribution is 6.40. The van der Waals surface area contributed by atoms with E-state index in [1.54, 1.807) is 5.32 Å². The van der Waals surface area contributed by atoms with Gasteiger partial charge < -0.3 is 20.5 Å². The number of hydrogen-bond donors (Lipinski definition) is 3. The van der Waals surface area contributed by atoms with Crippen LogP contribution in [0.4, 0.5) is 36.4 Å². The number of anilines is 1. The van der Waals surface area contributed by atoms with E-state index in [0.29, 0.717) is 6.07 Å². The Kier molecular flexibility index (Phi) is 10.1. The number of ether oxygens (including phenoxy) is 1. The molecule has 210 valence electrons.